The van der Waals surface area contributed by atoms with E-state index in [1.165, 1.54) is 82.0 Å². The highest BCUT2D eigenvalue weighted by atomic mass is 32.2. The Bertz CT molecular complexity index is 479. The number of rotatable bonds is 16. The number of hydrogen-bond donors (Lipinski definition) is 2. The molecule has 0 aromatic heterocycles. The largest absolute Gasteiger partial charge is 0.367 e. The number of morpholine rings is 1. The summed E-state index contributed by atoms with van der Waals surface area (Å²) in [7, 11) is -3.86. The van der Waals surface area contributed by atoms with Crippen LogP contribution in [0.2, 0.25) is 0 Å². The molecule has 188 valence electrons. The second-order valence-corrected chi connectivity index (χ2v) is 10.5. The van der Waals surface area contributed by atoms with Gasteiger partial charge in [0.15, 0.2) is 6.29 Å². The standard InChI is InChI=1S/C16H36N.C7H15NO5S/c1-5-9-13-17(14-10-6-2,15-11-7-3)16-12-8-4;9-7-6-8(3-4-13-7)2-1-5-14(10,11)12/h5-16H2,1-4H3;7,9H,1-6H2,(H,10,11,12)/q+1;. The van der Waals surface area contributed by atoms with Gasteiger partial charge in [-0.25, -0.2) is 0 Å². The summed E-state index contributed by atoms with van der Waals surface area (Å²) in [6, 6.07) is 0. The predicted molar refractivity (Wildman–Crippen MR) is 129 cm³/mol. The van der Waals surface area contributed by atoms with E-state index < -0.39 is 16.4 Å². The van der Waals surface area contributed by atoms with Gasteiger partial charge in [0.25, 0.3) is 10.1 Å². The van der Waals surface area contributed by atoms with Crippen molar-refractivity contribution < 1.29 is 27.3 Å². The molecular weight excluding hydrogens is 416 g/mol. The van der Waals surface area contributed by atoms with Crippen LogP contribution in [0.3, 0.4) is 0 Å². The summed E-state index contributed by atoms with van der Waals surface area (Å²) in [5.74, 6) is -0.236. The number of nitrogens with zero attached hydrogens (tertiary/aromatic N) is 2. The molecule has 0 amide bonds. The van der Waals surface area contributed by atoms with E-state index in [4.69, 9.17) is 14.4 Å². The van der Waals surface area contributed by atoms with Crippen LogP contribution in [0.1, 0.15) is 85.5 Å². The van der Waals surface area contributed by atoms with Crippen LogP contribution in [0.15, 0.2) is 0 Å². The number of aliphatic hydroxyl groups is 1. The summed E-state index contributed by atoms with van der Waals surface area (Å²) >= 11 is 0. The Balaban J connectivity index is 0.000000590. The lowest BCUT2D eigenvalue weighted by Crippen LogP contribution is -2.50. The lowest BCUT2D eigenvalue weighted by atomic mass is 10.1. The number of ether oxygens (including phenoxy) is 1. The molecule has 1 aliphatic rings. The Morgan fingerprint density at radius 1 is 0.871 bits per heavy atom. The summed E-state index contributed by atoms with van der Waals surface area (Å²) in [4.78, 5) is 1.90. The third-order valence-electron chi connectivity index (χ3n) is 5.95. The molecule has 2 N–H and O–H groups in total. The van der Waals surface area contributed by atoms with Crippen LogP contribution in [0, 0.1) is 0 Å². The Labute approximate surface area is 192 Å². The zero-order valence-corrected chi connectivity index (χ0v) is 21.5. The van der Waals surface area contributed by atoms with Gasteiger partial charge in [-0.2, -0.15) is 8.42 Å². The van der Waals surface area contributed by atoms with Crippen LogP contribution in [-0.4, -0.2) is 91.9 Å². The average molecular weight is 468 g/mol. The third kappa shape index (κ3) is 17.0. The fourth-order valence-corrected chi connectivity index (χ4v) is 4.50. The van der Waals surface area contributed by atoms with Gasteiger partial charge in [-0.15, -0.1) is 0 Å². The molecular formula is C23H51N2O5S+. The summed E-state index contributed by atoms with van der Waals surface area (Å²) in [5.41, 5.74) is 0. The maximum atomic E-state index is 10.4. The lowest BCUT2D eigenvalue weighted by molar-refractivity contribution is -0.929. The molecule has 0 aromatic rings. The van der Waals surface area contributed by atoms with Crippen LogP contribution in [0.4, 0.5) is 0 Å². The van der Waals surface area contributed by atoms with E-state index in [1.54, 1.807) is 0 Å². The molecule has 1 unspecified atom stereocenters. The molecule has 1 aliphatic heterocycles. The summed E-state index contributed by atoms with van der Waals surface area (Å²) in [6.45, 7) is 17.1. The first-order valence-electron chi connectivity index (χ1n) is 12.5. The first-order chi connectivity index (χ1) is 14.7. The van der Waals surface area contributed by atoms with Crippen molar-refractivity contribution in [3.05, 3.63) is 0 Å². The Hall–Kier alpha value is -0.250. The molecule has 8 heteroatoms. The van der Waals surface area contributed by atoms with Gasteiger partial charge in [0.1, 0.15) is 0 Å². The number of unbranched alkanes of at least 4 members (excludes halogenated alkanes) is 4. The van der Waals surface area contributed by atoms with E-state index in [0.717, 1.165) is 0 Å². The van der Waals surface area contributed by atoms with Crippen molar-refractivity contribution in [2.24, 2.45) is 0 Å². The molecule has 0 saturated carbocycles. The molecule has 1 heterocycles. The van der Waals surface area contributed by atoms with Gasteiger partial charge in [-0.1, -0.05) is 53.4 Å². The molecule has 1 fully saturated rings. The second-order valence-electron chi connectivity index (χ2n) is 8.92. The Morgan fingerprint density at radius 2 is 1.32 bits per heavy atom. The van der Waals surface area contributed by atoms with Crippen molar-refractivity contribution in [1.82, 2.24) is 4.90 Å². The minimum absolute atomic E-state index is 0.236. The zero-order chi connectivity index (χ0) is 23.6. The molecule has 1 rings (SSSR count). The molecule has 0 bridgehead atoms. The maximum absolute atomic E-state index is 10.4. The fraction of sp³-hybridized carbons (Fsp3) is 1.00. The van der Waals surface area contributed by atoms with E-state index >= 15 is 0 Å². The van der Waals surface area contributed by atoms with Crippen molar-refractivity contribution in [3.63, 3.8) is 0 Å². The van der Waals surface area contributed by atoms with Gasteiger partial charge in [0, 0.05) is 13.1 Å². The molecule has 1 saturated heterocycles. The molecule has 0 radical (unpaired) electrons. The van der Waals surface area contributed by atoms with Crippen molar-refractivity contribution in [1.29, 1.82) is 0 Å². The predicted octanol–water partition coefficient (Wildman–Crippen LogP) is 3.92. The van der Waals surface area contributed by atoms with E-state index in [-0.39, 0.29) is 5.75 Å². The first-order valence-corrected chi connectivity index (χ1v) is 14.1. The highest BCUT2D eigenvalue weighted by Gasteiger charge is 2.24. The number of quaternary nitrogens is 1. The number of aliphatic hydroxyl groups excluding tert-OH is 1. The SMILES string of the molecule is CCCC[N+](CCCC)(CCCC)CCCC.O=S(=O)(O)CCCN1CCOC(O)C1. The fourth-order valence-electron chi connectivity index (χ4n) is 4.00. The van der Waals surface area contributed by atoms with Crippen LogP contribution >= 0.6 is 0 Å². The van der Waals surface area contributed by atoms with Crippen LogP contribution in [0.5, 0.6) is 0 Å². The molecule has 31 heavy (non-hydrogen) atoms. The molecule has 0 aromatic carbocycles. The highest BCUT2D eigenvalue weighted by molar-refractivity contribution is 7.85. The van der Waals surface area contributed by atoms with Crippen molar-refractivity contribution in [2.75, 3.05) is 58.2 Å². The normalized spacial score (nSPS) is 17.9. The van der Waals surface area contributed by atoms with Gasteiger partial charge in [-0.05, 0) is 38.6 Å². The second kappa shape index (κ2) is 18.2. The summed E-state index contributed by atoms with van der Waals surface area (Å²) in [6.07, 6.45) is 10.6. The van der Waals surface area contributed by atoms with Crippen LogP contribution in [-0.2, 0) is 14.9 Å². The van der Waals surface area contributed by atoms with Gasteiger partial charge < -0.3 is 14.3 Å². The van der Waals surface area contributed by atoms with E-state index in [9.17, 15) is 8.42 Å². The molecule has 0 spiro atoms. The highest BCUT2D eigenvalue weighted by Crippen LogP contribution is 2.16. The molecule has 0 aliphatic carbocycles. The number of hydrogen-bond acceptors (Lipinski definition) is 5. The number of β-amino-alcohol motifs (C(OH)–C–C–N with tert-alkyl or cyclic N) is 1. The molecule has 1 atom stereocenters. The lowest BCUT2D eigenvalue weighted by Gasteiger charge is -2.39. The van der Waals surface area contributed by atoms with Crippen molar-refractivity contribution in [3.8, 4) is 0 Å². The van der Waals surface area contributed by atoms with Crippen molar-refractivity contribution >= 4 is 10.1 Å². The molecule has 7 nitrogen and oxygen atoms in total. The van der Waals surface area contributed by atoms with Gasteiger partial charge in [0.05, 0.1) is 38.5 Å². The van der Waals surface area contributed by atoms with E-state index in [1.807, 2.05) is 4.90 Å². The monoisotopic (exact) mass is 467 g/mol. The maximum Gasteiger partial charge on any atom is 0.264 e. The topological polar surface area (TPSA) is 87.1 Å². The van der Waals surface area contributed by atoms with E-state index in [0.29, 0.717) is 32.7 Å². The van der Waals surface area contributed by atoms with Crippen LogP contribution < -0.4 is 0 Å². The quantitative estimate of drug-likeness (QED) is 0.264. The first kappa shape index (κ1) is 30.8. The minimum atomic E-state index is -3.86. The summed E-state index contributed by atoms with van der Waals surface area (Å²) < 4.78 is 35.6. The summed E-state index contributed by atoms with van der Waals surface area (Å²) in [5, 5.41) is 9.11. The average Bonchev–Trinajstić information content (AvgIpc) is 2.72. The third-order valence-corrected chi connectivity index (χ3v) is 6.76. The van der Waals surface area contributed by atoms with Crippen molar-refractivity contribution in [2.45, 2.75) is 91.8 Å². The van der Waals surface area contributed by atoms with E-state index in [2.05, 4.69) is 27.7 Å². The smallest absolute Gasteiger partial charge is 0.264 e. The Kier molecular flexibility index (Phi) is 18.1. The van der Waals surface area contributed by atoms with Gasteiger partial charge in [-0.3, -0.25) is 9.45 Å². The van der Waals surface area contributed by atoms with Gasteiger partial charge >= 0.3 is 0 Å². The minimum Gasteiger partial charge on any atom is -0.367 e. The Morgan fingerprint density at radius 3 is 1.68 bits per heavy atom. The van der Waals surface area contributed by atoms with Gasteiger partial charge in [0.2, 0.25) is 0 Å². The zero-order valence-electron chi connectivity index (χ0n) is 20.7. The van der Waals surface area contributed by atoms with Crippen LogP contribution in [0.25, 0.3) is 0 Å².